The van der Waals surface area contributed by atoms with E-state index in [0.29, 0.717) is 27.6 Å². The van der Waals surface area contributed by atoms with Crippen LogP contribution < -0.4 is 5.32 Å². The molecule has 1 amide bonds. The lowest BCUT2D eigenvalue weighted by molar-refractivity contribution is -0.119. The van der Waals surface area contributed by atoms with E-state index in [2.05, 4.69) is 21.9 Å². The molecule has 2 N–H and O–H groups in total. The van der Waals surface area contributed by atoms with E-state index in [1.165, 1.54) is 12.1 Å². The maximum Gasteiger partial charge on any atom is 0.228 e. The highest BCUT2D eigenvalue weighted by Crippen LogP contribution is 2.26. The Labute approximate surface area is 167 Å². The number of halogens is 2. The summed E-state index contributed by atoms with van der Waals surface area (Å²) in [6, 6.07) is 8.44. The van der Waals surface area contributed by atoms with Gasteiger partial charge in [0.25, 0.3) is 0 Å². The van der Waals surface area contributed by atoms with Gasteiger partial charge in [0.1, 0.15) is 16.6 Å². The zero-order valence-electron chi connectivity index (χ0n) is 15.3. The van der Waals surface area contributed by atoms with E-state index in [9.17, 15) is 9.18 Å². The number of nitrogens with zero attached hydrogens (tertiary/aromatic N) is 1. The van der Waals surface area contributed by atoms with Crippen LogP contribution in [0.4, 0.5) is 4.39 Å². The molecule has 3 aromatic rings. The second kappa shape index (κ2) is 8.67. The number of aromatic nitrogens is 2. The van der Waals surface area contributed by atoms with E-state index in [0.717, 1.165) is 10.9 Å². The van der Waals surface area contributed by atoms with Crippen LogP contribution in [0, 0.1) is 5.82 Å². The van der Waals surface area contributed by atoms with E-state index in [1.807, 2.05) is 19.1 Å². The van der Waals surface area contributed by atoms with Crippen molar-refractivity contribution in [1.82, 2.24) is 15.3 Å². The van der Waals surface area contributed by atoms with Gasteiger partial charge < -0.3 is 10.3 Å². The van der Waals surface area contributed by atoms with Crippen LogP contribution in [0.5, 0.6) is 0 Å². The van der Waals surface area contributed by atoms with Crippen LogP contribution in [-0.4, -0.2) is 15.9 Å². The topological polar surface area (TPSA) is 57.8 Å². The Hall–Kier alpha value is -3.18. The van der Waals surface area contributed by atoms with Gasteiger partial charge in [-0.2, -0.15) is 0 Å². The standard InChI is InChI=1S/C22H19ClFN3O/c1-3-5-6-18(4-2)26-21(28)12-15-8-7-14(10-19(15)24)17-9-16-11-20(23)27-22(16)25-13-17/h3-11,13H,2,12H2,1H3,(H,25,27)(H,26,28)/b5-3-,18-6+. The van der Waals surface area contributed by atoms with Crippen molar-refractivity contribution >= 4 is 28.5 Å². The third kappa shape index (κ3) is 4.56. The maximum absolute atomic E-state index is 14.6. The highest BCUT2D eigenvalue weighted by Gasteiger charge is 2.11. The molecule has 0 aliphatic carbocycles. The first-order valence-electron chi connectivity index (χ1n) is 8.68. The molecule has 0 saturated heterocycles. The van der Waals surface area contributed by atoms with Gasteiger partial charge in [0.2, 0.25) is 5.91 Å². The highest BCUT2D eigenvalue weighted by atomic mass is 35.5. The second-order valence-electron chi connectivity index (χ2n) is 6.16. The summed E-state index contributed by atoms with van der Waals surface area (Å²) < 4.78 is 14.6. The minimum Gasteiger partial charge on any atom is -0.330 e. The molecule has 0 fully saturated rings. The molecule has 2 heterocycles. The van der Waals surface area contributed by atoms with Gasteiger partial charge in [-0.05, 0) is 48.4 Å². The number of rotatable bonds is 6. The van der Waals surface area contributed by atoms with E-state index >= 15 is 0 Å². The number of carbonyl (C=O) groups is 1. The monoisotopic (exact) mass is 395 g/mol. The van der Waals surface area contributed by atoms with Crippen LogP contribution in [0.2, 0.25) is 5.15 Å². The summed E-state index contributed by atoms with van der Waals surface area (Å²) in [5.74, 6) is -0.759. The van der Waals surface area contributed by atoms with E-state index in [-0.39, 0.29) is 12.3 Å². The summed E-state index contributed by atoms with van der Waals surface area (Å²) in [5, 5.41) is 4.04. The minimum absolute atomic E-state index is 0.0716. The summed E-state index contributed by atoms with van der Waals surface area (Å²) in [6.07, 6.45) is 8.46. The SMILES string of the molecule is C=C/C(=C\C=C/C)NC(=O)Cc1ccc(-c2cnc3[nH]c(Cl)cc3c2)cc1F. The van der Waals surface area contributed by atoms with Crippen molar-refractivity contribution in [2.24, 2.45) is 0 Å². The number of hydrogen-bond acceptors (Lipinski definition) is 2. The van der Waals surface area contributed by atoms with Crippen molar-refractivity contribution in [2.45, 2.75) is 13.3 Å². The van der Waals surface area contributed by atoms with Gasteiger partial charge in [-0.3, -0.25) is 4.79 Å². The molecule has 0 aliphatic heterocycles. The molecule has 2 aromatic heterocycles. The average molecular weight is 396 g/mol. The van der Waals surface area contributed by atoms with Crippen molar-refractivity contribution in [3.05, 3.63) is 89.6 Å². The summed E-state index contributed by atoms with van der Waals surface area (Å²) in [7, 11) is 0. The van der Waals surface area contributed by atoms with Crippen molar-refractivity contribution < 1.29 is 9.18 Å². The Morgan fingerprint density at radius 2 is 2.14 bits per heavy atom. The van der Waals surface area contributed by atoms with Crippen LogP contribution in [0.15, 0.2) is 73.1 Å². The Morgan fingerprint density at radius 3 is 2.86 bits per heavy atom. The molecular weight excluding hydrogens is 377 g/mol. The van der Waals surface area contributed by atoms with Crippen molar-refractivity contribution in [1.29, 1.82) is 0 Å². The molecule has 0 bridgehead atoms. The lowest BCUT2D eigenvalue weighted by Gasteiger charge is -2.08. The Morgan fingerprint density at radius 1 is 1.32 bits per heavy atom. The van der Waals surface area contributed by atoms with Gasteiger partial charge >= 0.3 is 0 Å². The molecule has 0 spiro atoms. The van der Waals surface area contributed by atoms with Crippen LogP contribution in [-0.2, 0) is 11.2 Å². The van der Waals surface area contributed by atoms with Gasteiger partial charge in [0.05, 0.1) is 6.42 Å². The number of H-pyrrole nitrogens is 1. The van der Waals surface area contributed by atoms with E-state index in [1.54, 1.807) is 36.5 Å². The van der Waals surface area contributed by atoms with Gasteiger partial charge in [-0.15, -0.1) is 0 Å². The largest absolute Gasteiger partial charge is 0.330 e. The summed E-state index contributed by atoms with van der Waals surface area (Å²) in [6.45, 7) is 5.52. The fourth-order valence-electron chi connectivity index (χ4n) is 2.75. The maximum atomic E-state index is 14.6. The van der Waals surface area contributed by atoms with Crippen LogP contribution in [0.3, 0.4) is 0 Å². The van der Waals surface area contributed by atoms with Crippen LogP contribution in [0.25, 0.3) is 22.2 Å². The predicted molar refractivity (Wildman–Crippen MR) is 111 cm³/mol. The molecule has 0 aliphatic rings. The normalized spacial score (nSPS) is 11.9. The molecule has 4 nitrogen and oxygen atoms in total. The highest BCUT2D eigenvalue weighted by molar-refractivity contribution is 6.30. The molecule has 0 unspecified atom stereocenters. The van der Waals surface area contributed by atoms with Gasteiger partial charge in [-0.1, -0.05) is 42.5 Å². The lowest BCUT2D eigenvalue weighted by Crippen LogP contribution is -2.24. The number of fused-ring (bicyclic) bond motifs is 1. The number of hydrogen-bond donors (Lipinski definition) is 2. The van der Waals surface area contributed by atoms with Gasteiger partial charge in [0.15, 0.2) is 0 Å². The number of allylic oxidation sites excluding steroid dienone is 4. The second-order valence-corrected chi connectivity index (χ2v) is 6.57. The molecule has 6 heteroatoms. The van der Waals surface area contributed by atoms with Crippen molar-refractivity contribution in [2.75, 3.05) is 0 Å². The smallest absolute Gasteiger partial charge is 0.228 e. The summed E-state index contributed by atoms with van der Waals surface area (Å²) in [5.41, 5.74) is 2.99. The quantitative estimate of drug-likeness (QED) is 0.554. The Bertz CT molecular complexity index is 1100. The van der Waals surface area contributed by atoms with Crippen LogP contribution in [0.1, 0.15) is 12.5 Å². The fourth-order valence-corrected chi connectivity index (χ4v) is 2.96. The third-order valence-corrected chi connectivity index (χ3v) is 4.35. The number of benzene rings is 1. The molecule has 3 rings (SSSR count). The summed E-state index contributed by atoms with van der Waals surface area (Å²) >= 11 is 5.94. The zero-order chi connectivity index (χ0) is 20.1. The van der Waals surface area contributed by atoms with Crippen LogP contribution >= 0.6 is 11.6 Å². The van der Waals surface area contributed by atoms with Crippen molar-refractivity contribution in [3.63, 3.8) is 0 Å². The first-order valence-corrected chi connectivity index (χ1v) is 9.06. The lowest BCUT2D eigenvalue weighted by atomic mass is 10.0. The Kier molecular flexibility index (Phi) is 6.06. The number of pyridine rings is 1. The molecule has 142 valence electrons. The molecule has 28 heavy (non-hydrogen) atoms. The van der Waals surface area contributed by atoms with Gasteiger partial charge in [0, 0.05) is 22.8 Å². The van der Waals surface area contributed by atoms with E-state index < -0.39 is 5.82 Å². The van der Waals surface area contributed by atoms with E-state index in [4.69, 9.17) is 11.6 Å². The summed E-state index contributed by atoms with van der Waals surface area (Å²) in [4.78, 5) is 19.4. The molecule has 0 atom stereocenters. The molecule has 1 aromatic carbocycles. The number of nitrogens with one attached hydrogen (secondary N) is 2. The number of aromatic amines is 1. The predicted octanol–water partition coefficient (Wildman–Crippen LogP) is 5.33. The molecule has 0 radical (unpaired) electrons. The first-order chi connectivity index (χ1) is 13.5. The van der Waals surface area contributed by atoms with Crippen molar-refractivity contribution in [3.8, 4) is 11.1 Å². The average Bonchev–Trinajstić information content (AvgIpc) is 3.05. The number of amides is 1. The Balaban J connectivity index is 1.77. The van der Waals surface area contributed by atoms with Gasteiger partial charge in [-0.25, -0.2) is 9.37 Å². The number of carbonyl (C=O) groups excluding carboxylic acids is 1. The minimum atomic E-state index is -0.447. The molecular formula is C22H19ClFN3O. The molecule has 0 saturated carbocycles. The fraction of sp³-hybridized carbons (Fsp3) is 0.0909. The zero-order valence-corrected chi connectivity index (χ0v) is 16.1. The first kappa shape index (κ1) is 19.6. The third-order valence-electron chi connectivity index (χ3n) is 4.15.